The number of nitrogens with zero attached hydrogens (tertiary/aromatic N) is 1. The number of rotatable bonds is 6. The van der Waals surface area contributed by atoms with Crippen molar-refractivity contribution in [3.05, 3.63) is 23.2 Å². The molecular formula is C16H24ClN3O. The van der Waals surface area contributed by atoms with Crippen LogP contribution in [0.5, 0.6) is 0 Å². The Hall–Kier alpha value is -1.26. The Labute approximate surface area is 131 Å². The fourth-order valence-corrected chi connectivity index (χ4v) is 3.18. The highest BCUT2D eigenvalue weighted by molar-refractivity contribution is 6.34. The Bertz CT molecular complexity index is 492. The molecule has 4 nitrogen and oxygen atoms in total. The number of hydrogen-bond donors (Lipinski definition) is 2. The first-order valence-corrected chi connectivity index (χ1v) is 8.07. The summed E-state index contributed by atoms with van der Waals surface area (Å²) < 4.78 is 0. The highest BCUT2D eigenvalue weighted by atomic mass is 35.5. The Balaban J connectivity index is 1.75. The Morgan fingerprint density at radius 1 is 1.52 bits per heavy atom. The number of carbonyl (C=O) groups is 1. The Morgan fingerprint density at radius 3 is 3.05 bits per heavy atom. The van der Waals surface area contributed by atoms with Crippen LogP contribution in [0.1, 0.15) is 39.0 Å². The zero-order valence-electron chi connectivity index (χ0n) is 12.6. The van der Waals surface area contributed by atoms with Gasteiger partial charge in [-0.25, -0.2) is 0 Å². The number of nitrogens with one attached hydrogen (secondary N) is 1. The molecule has 1 aliphatic rings. The number of carbonyl (C=O) groups excluding carboxylic acids is 1. The predicted octanol–water partition coefficient (Wildman–Crippen LogP) is 3.52. The second-order valence-corrected chi connectivity index (χ2v) is 6.04. The van der Waals surface area contributed by atoms with E-state index in [1.54, 1.807) is 18.2 Å². The van der Waals surface area contributed by atoms with E-state index in [1.165, 1.54) is 25.8 Å². The number of halogens is 1. The van der Waals surface area contributed by atoms with E-state index < -0.39 is 0 Å². The number of nitrogen functional groups attached to an aromatic ring is 1. The van der Waals surface area contributed by atoms with E-state index in [4.69, 9.17) is 17.3 Å². The molecule has 0 spiro atoms. The summed E-state index contributed by atoms with van der Waals surface area (Å²) in [7, 11) is 0. The minimum Gasteiger partial charge on any atom is -0.399 e. The van der Waals surface area contributed by atoms with Crippen LogP contribution in [0.25, 0.3) is 0 Å². The summed E-state index contributed by atoms with van der Waals surface area (Å²) in [5, 5.41) is 3.32. The van der Waals surface area contributed by atoms with E-state index in [9.17, 15) is 4.79 Å². The molecule has 1 aromatic carbocycles. The van der Waals surface area contributed by atoms with E-state index >= 15 is 0 Å². The summed E-state index contributed by atoms with van der Waals surface area (Å²) in [4.78, 5) is 14.5. The lowest BCUT2D eigenvalue weighted by Crippen LogP contribution is -2.30. The van der Waals surface area contributed by atoms with Gasteiger partial charge in [0, 0.05) is 18.2 Å². The first-order valence-electron chi connectivity index (χ1n) is 7.69. The molecule has 0 saturated carbocycles. The van der Waals surface area contributed by atoms with E-state index in [1.807, 2.05) is 0 Å². The number of benzene rings is 1. The molecule has 0 aromatic heterocycles. The van der Waals surface area contributed by atoms with Crippen LogP contribution < -0.4 is 11.1 Å². The van der Waals surface area contributed by atoms with Crippen LogP contribution in [0.2, 0.25) is 5.02 Å². The third-order valence-corrected chi connectivity index (χ3v) is 4.40. The molecule has 1 unspecified atom stereocenters. The van der Waals surface area contributed by atoms with Crippen molar-refractivity contribution in [2.45, 2.75) is 45.1 Å². The molecule has 2 rings (SSSR count). The van der Waals surface area contributed by atoms with Crippen molar-refractivity contribution >= 4 is 28.9 Å². The van der Waals surface area contributed by atoms with Crippen molar-refractivity contribution in [3.8, 4) is 0 Å². The summed E-state index contributed by atoms with van der Waals surface area (Å²) in [6.07, 6.45) is 5.19. The number of hydrogen-bond acceptors (Lipinski definition) is 3. The molecule has 5 heteroatoms. The summed E-state index contributed by atoms with van der Waals surface area (Å²) in [5.41, 5.74) is 6.86. The van der Waals surface area contributed by atoms with Gasteiger partial charge >= 0.3 is 0 Å². The largest absolute Gasteiger partial charge is 0.399 e. The van der Waals surface area contributed by atoms with Crippen LogP contribution in [-0.4, -0.2) is 29.9 Å². The first kappa shape index (κ1) is 16.1. The van der Waals surface area contributed by atoms with Gasteiger partial charge in [0.25, 0.3) is 0 Å². The maximum atomic E-state index is 12.0. The van der Waals surface area contributed by atoms with Gasteiger partial charge in [-0.15, -0.1) is 0 Å². The Morgan fingerprint density at radius 2 is 2.33 bits per heavy atom. The third kappa shape index (κ3) is 4.61. The molecule has 1 aliphatic heterocycles. The smallest absolute Gasteiger partial charge is 0.224 e. The lowest BCUT2D eigenvalue weighted by molar-refractivity contribution is -0.116. The molecule has 0 aliphatic carbocycles. The summed E-state index contributed by atoms with van der Waals surface area (Å²) >= 11 is 6.05. The number of amides is 1. The number of likely N-dealkylation sites (tertiary alicyclic amines) is 1. The van der Waals surface area contributed by atoms with Crippen LogP contribution in [0.3, 0.4) is 0 Å². The Kier molecular flexibility index (Phi) is 5.88. The van der Waals surface area contributed by atoms with Crippen molar-refractivity contribution in [1.29, 1.82) is 0 Å². The first-order chi connectivity index (χ1) is 10.1. The van der Waals surface area contributed by atoms with Gasteiger partial charge in [0.05, 0.1) is 10.7 Å². The maximum Gasteiger partial charge on any atom is 0.224 e. The van der Waals surface area contributed by atoms with Gasteiger partial charge in [-0.05, 0) is 57.0 Å². The van der Waals surface area contributed by atoms with Crippen molar-refractivity contribution in [2.24, 2.45) is 0 Å². The van der Waals surface area contributed by atoms with E-state index in [0.29, 0.717) is 28.9 Å². The normalized spacial score (nSPS) is 18.9. The lowest BCUT2D eigenvalue weighted by Gasteiger charge is -2.22. The summed E-state index contributed by atoms with van der Waals surface area (Å²) in [5.74, 6) is 0.00826. The minimum absolute atomic E-state index is 0.00826. The number of anilines is 2. The molecule has 1 saturated heterocycles. The fraction of sp³-hybridized carbons (Fsp3) is 0.562. The van der Waals surface area contributed by atoms with Gasteiger partial charge in [0.2, 0.25) is 5.91 Å². The van der Waals surface area contributed by atoms with E-state index in [0.717, 1.165) is 13.0 Å². The van der Waals surface area contributed by atoms with Gasteiger partial charge in [-0.3, -0.25) is 4.79 Å². The van der Waals surface area contributed by atoms with Crippen LogP contribution in [-0.2, 0) is 4.79 Å². The van der Waals surface area contributed by atoms with Crippen LogP contribution in [0, 0.1) is 0 Å². The molecule has 0 bridgehead atoms. The molecular weight excluding hydrogens is 286 g/mol. The molecule has 1 aromatic rings. The highest BCUT2D eigenvalue weighted by Gasteiger charge is 2.22. The van der Waals surface area contributed by atoms with Crippen LogP contribution in [0.15, 0.2) is 18.2 Å². The van der Waals surface area contributed by atoms with E-state index in [-0.39, 0.29) is 5.91 Å². The average molecular weight is 310 g/mol. The average Bonchev–Trinajstić information content (AvgIpc) is 2.89. The van der Waals surface area contributed by atoms with Gasteiger partial charge in [0.1, 0.15) is 0 Å². The fourth-order valence-electron chi connectivity index (χ4n) is 2.94. The molecule has 21 heavy (non-hydrogen) atoms. The van der Waals surface area contributed by atoms with Gasteiger partial charge < -0.3 is 16.0 Å². The summed E-state index contributed by atoms with van der Waals surface area (Å²) in [6.45, 7) is 4.41. The van der Waals surface area contributed by atoms with Crippen molar-refractivity contribution in [3.63, 3.8) is 0 Å². The quantitative estimate of drug-likeness (QED) is 0.791. The van der Waals surface area contributed by atoms with Gasteiger partial charge in [-0.2, -0.15) is 0 Å². The molecule has 1 fully saturated rings. The SMILES string of the molecule is CCC1CCCN1CCCC(=O)Nc1ccc(N)cc1Cl. The standard InChI is InChI=1S/C16H24ClN3O/c1-2-13-5-3-9-20(13)10-4-6-16(21)19-15-8-7-12(18)11-14(15)17/h7-8,11,13H,2-6,9-10,18H2,1H3,(H,19,21). The van der Waals surface area contributed by atoms with Crippen molar-refractivity contribution in [1.82, 2.24) is 4.90 Å². The lowest BCUT2D eigenvalue weighted by atomic mass is 10.1. The van der Waals surface area contributed by atoms with Gasteiger partial charge in [-0.1, -0.05) is 18.5 Å². The monoisotopic (exact) mass is 309 g/mol. The highest BCUT2D eigenvalue weighted by Crippen LogP contribution is 2.24. The van der Waals surface area contributed by atoms with Crippen LogP contribution >= 0.6 is 11.6 Å². The minimum atomic E-state index is 0.00826. The topological polar surface area (TPSA) is 58.4 Å². The molecule has 116 valence electrons. The van der Waals surface area contributed by atoms with Crippen LogP contribution in [0.4, 0.5) is 11.4 Å². The van der Waals surface area contributed by atoms with Crippen molar-refractivity contribution in [2.75, 3.05) is 24.1 Å². The summed E-state index contributed by atoms with van der Waals surface area (Å²) in [6, 6.07) is 5.83. The third-order valence-electron chi connectivity index (χ3n) is 4.09. The zero-order chi connectivity index (χ0) is 15.2. The second kappa shape index (κ2) is 7.66. The zero-order valence-corrected chi connectivity index (χ0v) is 13.3. The van der Waals surface area contributed by atoms with Crippen molar-refractivity contribution < 1.29 is 4.79 Å². The molecule has 3 N–H and O–H groups in total. The molecule has 1 amide bonds. The second-order valence-electron chi connectivity index (χ2n) is 5.63. The van der Waals surface area contributed by atoms with E-state index in [2.05, 4.69) is 17.1 Å². The predicted molar refractivity (Wildman–Crippen MR) is 88.6 cm³/mol. The molecule has 1 heterocycles. The maximum absolute atomic E-state index is 12.0. The molecule has 1 atom stereocenters. The molecule has 0 radical (unpaired) electrons. The number of nitrogens with two attached hydrogens (primary N) is 1. The van der Waals surface area contributed by atoms with Gasteiger partial charge in [0.15, 0.2) is 0 Å².